The molecule has 1 aliphatic rings. The van der Waals surface area contributed by atoms with E-state index in [-0.39, 0.29) is 5.54 Å². The number of hydrogen-bond acceptors (Lipinski definition) is 2. The zero-order chi connectivity index (χ0) is 15.6. The number of nitrogens with zero attached hydrogens (tertiary/aromatic N) is 1. The second-order valence-electron chi connectivity index (χ2n) is 8.52. The van der Waals surface area contributed by atoms with Crippen LogP contribution in [0, 0.1) is 17.3 Å². The summed E-state index contributed by atoms with van der Waals surface area (Å²) in [5.74, 6) is 1.53. The summed E-state index contributed by atoms with van der Waals surface area (Å²) in [6.07, 6.45) is 6.56. The van der Waals surface area contributed by atoms with Crippen molar-refractivity contribution in [2.45, 2.75) is 85.2 Å². The highest BCUT2D eigenvalue weighted by molar-refractivity contribution is 4.96. The molecule has 1 fully saturated rings. The first-order valence-corrected chi connectivity index (χ1v) is 8.57. The Kier molecular flexibility index (Phi) is 6.10. The van der Waals surface area contributed by atoms with Gasteiger partial charge in [0.25, 0.3) is 0 Å². The van der Waals surface area contributed by atoms with E-state index in [4.69, 9.17) is 5.73 Å². The average molecular weight is 283 g/mol. The van der Waals surface area contributed by atoms with Gasteiger partial charge in [0.2, 0.25) is 0 Å². The van der Waals surface area contributed by atoms with Gasteiger partial charge in [0, 0.05) is 18.1 Å². The smallest absolute Gasteiger partial charge is 0.0331 e. The lowest BCUT2D eigenvalue weighted by Gasteiger charge is -2.46. The predicted molar refractivity (Wildman–Crippen MR) is 89.9 cm³/mol. The van der Waals surface area contributed by atoms with Gasteiger partial charge in [-0.3, -0.25) is 4.90 Å². The highest BCUT2D eigenvalue weighted by Crippen LogP contribution is 2.41. The molecule has 0 aromatic carbocycles. The number of hydrogen-bond donors (Lipinski definition) is 1. The van der Waals surface area contributed by atoms with E-state index in [1.54, 1.807) is 0 Å². The van der Waals surface area contributed by atoms with Crippen LogP contribution in [-0.2, 0) is 0 Å². The molecule has 0 bridgehead atoms. The van der Waals surface area contributed by atoms with Crippen molar-refractivity contribution >= 4 is 0 Å². The molecule has 1 aliphatic carbocycles. The molecule has 3 atom stereocenters. The van der Waals surface area contributed by atoms with Gasteiger partial charge in [-0.2, -0.15) is 0 Å². The Morgan fingerprint density at radius 3 is 2.20 bits per heavy atom. The van der Waals surface area contributed by atoms with E-state index in [1.807, 2.05) is 0 Å². The van der Waals surface area contributed by atoms with E-state index in [2.05, 4.69) is 53.5 Å². The lowest BCUT2D eigenvalue weighted by Crippen LogP contribution is -2.56. The topological polar surface area (TPSA) is 29.3 Å². The molecule has 0 aliphatic heterocycles. The molecule has 20 heavy (non-hydrogen) atoms. The number of likely N-dealkylation sites (N-methyl/N-ethyl adjacent to an activating group) is 1. The van der Waals surface area contributed by atoms with Crippen molar-refractivity contribution in [2.24, 2.45) is 23.0 Å². The van der Waals surface area contributed by atoms with E-state index < -0.39 is 0 Å². The summed E-state index contributed by atoms with van der Waals surface area (Å²) in [5, 5.41) is 0. The summed E-state index contributed by atoms with van der Waals surface area (Å²) in [7, 11) is 2.30. The molecule has 0 saturated heterocycles. The van der Waals surface area contributed by atoms with Crippen LogP contribution in [0.15, 0.2) is 0 Å². The first kappa shape index (κ1) is 18.0. The standard InChI is InChI=1S/C18H38N2/c1-14(2)15(3)20(7)18(13-19)11-8-9-16(10-12-18)17(4,5)6/h14-16H,8-13,19H2,1-7H3. The molecular weight excluding hydrogens is 244 g/mol. The van der Waals surface area contributed by atoms with Crippen molar-refractivity contribution in [3.63, 3.8) is 0 Å². The molecule has 0 radical (unpaired) electrons. The van der Waals surface area contributed by atoms with Crippen LogP contribution in [0.1, 0.15) is 73.6 Å². The lowest BCUT2D eigenvalue weighted by molar-refractivity contribution is 0.0475. The van der Waals surface area contributed by atoms with Crippen molar-refractivity contribution in [1.82, 2.24) is 4.90 Å². The number of nitrogens with two attached hydrogens (primary N) is 1. The highest BCUT2D eigenvalue weighted by Gasteiger charge is 2.39. The summed E-state index contributed by atoms with van der Waals surface area (Å²) in [6.45, 7) is 15.0. The largest absolute Gasteiger partial charge is 0.329 e. The van der Waals surface area contributed by atoms with Gasteiger partial charge in [0.05, 0.1) is 0 Å². The molecule has 120 valence electrons. The molecule has 3 unspecified atom stereocenters. The normalized spacial score (nSPS) is 30.6. The summed E-state index contributed by atoms with van der Waals surface area (Å²) in [4.78, 5) is 2.60. The molecule has 0 heterocycles. The zero-order valence-corrected chi connectivity index (χ0v) is 15.0. The van der Waals surface area contributed by atoms with Crippen LogP contribution in [0.2, 0.25) is 0 Å². The fourth-order valence-corrected chi connectivity index (χ4v) is 3.84. The van der Waals surface area contributed by atoms with E-state index >= 15 is 0 Å². The molecule has 0 amide bonds. The summed E-state index contributed by atoms with van der Waals surface area (Å²) < 4.78 is 0. The molecule has 0 spiro atoms. The Bertz CT molecular complexity index is 292. The molecule has 1 saturated carbocycles. The van der Waals surface area contributed by atoms with E-state index in [9.17, 15) is 0 Å². The van der Waals surface area contributed by atoms with Gasteiger partial charge in [-0.1, -0.05) is 41.0 Å². The van der Waals surface area contributed by atoms with Crippen LogP contribution in [0.4, 0.5) is 0 Å². The first-order chi connectivity index (χ1) is 9.14. The Morgan fingerprint density at radius 1 is 1.15 bits per heavy atom. The Morgan fingerprint density at radius 2 is 1.75 bits per heavy atom. The van der Waals surface area contributed by atoms with Gasteiger partial charge in [-0.15, -0.1) is 0 Å². The molecule has 2 nitrogen and oxygen atoms in total. The molecule has 2 heteroatoms. The monoisotopic (exact) mass is 282 g/mol. The predicted octanol–water partition coefficient (Wildman–Crippen LogP) is 4.29. The van der Waals surface area contributed by atoms with Crippen molar-refractivity contribution < 1.29 is 0 Å². The molecular formula is C18H38N2. The molecule has 1 rings (SSSR count). The van der Waals surface area contributed by atoms with Crippen LogP contribution in [0.5, 0.6) is 0 Å². The number of rotatable bonds is 4. The average Bonchev–Trinajstić information content (AvgIpc) is 2.59. The third kappa shape index (κ3) is 3.98. The van der Waals surface area contributed by atoms with Gasteiger partial charge in [-0.05, 0) is 56.9 Å². The minimum Gasteiger partial charge on any atom is -0.329 e. The zero-order valence-electron chi connectivity index (χ0n) is 15.0. The maximum Gasteiger partial charge on any atom is 0.0331 e. The second-order valence-corrected chi connectivity index (χ2v) is 8.52. The van der Waals surface area contributed by atoms with E-state index in [0.29, 0.717) is 17.4 Å². The van der Waals surface area contributed by atoms with Gasteiger partial charge in [0.15, 0.2) is 0 Å². The van der Waals surface area contributed by atoms with Crippen LogP contribution < -0.4 is 5.73 Å². The third-order valence-corrected chi connectivity index (χ3v) is 6.08. The van der Waals surface area contributed by atoms with Crippen LogP contribution in [-0.4, -0.2) is 30.1 Å². The molecule has 0 aromatic rings. The first-order valence-electron chi connectivity index (χ1n) is 8.57. The Balaban J connectivity index is 2.85. The van der Waals surface area contributed by atoms with E-state index in [0.717, 1.165) is 12.5 Å². The van der Waals surface area contributed by atoms with Gasteiger partial charge >= 0.3 is 0 Å². The van der Waals surface area contributed by atoms with Crippen LogP contribution >= 0.6 is 0 Å². The maximum absolute atomic E-state index is 6.26. The lowest BCUT2D eigenvalue weighted by atomic mass is 9.76. The molecule has 2 N–H and O–H groups in total. The minimum absolute atomic E-state index is 0.226. The second kappa shape index (κ2) is 6.79. The van der Waals surface area contributed by atoms with Crippen molar-refractivity contribution in [1.29, 1.82) is 0 Å². The fourth-order valence-electron chi connectivity index (χ4n) is 3.84. The fraction of sp³-hybridized carbons (Fsp3) is 1.00. The maximum atomic E-state index is 6.26. The van der Waals surface area contributed by atoms with Crippen molar-refractivity contribution in [3.05, 3.63) is 0 Å². The Hall–Kier alpha value is -0.0800. The van der Waals surface area contributed by atoms with Crippen molar-refractivity contribution in [3.8, 4) is 0 Å². The highest BCUT2D eigenvalue weighted by atomic mass is 15.2. The van der Waals surface area contributed by atoms with Gasteiger partial charge < -0.3 is 5.73 Å². The third-order valence-electron chi connectivity index (χ3n) is 6.08. The van der Waals surface area contributed by atoms with Crippen LogP contribution in [0.3, 0.4) is 0 Å². The quantitative estimate of drug-likeness (QED) is 0.780. The van der Waals surface area contributed by atoms with Gasteiger partial charge in [-0.25, -0.2) is 0 Å². The van der Waals surface area contributed by atoms with Crippen molar-refractivity contribution in [2.75, 3.05) is 13.6 Å². The summed E-state index contributed by atoms with van der Waals surface area (Å²) >= 11 is 0. The van der Waals surface area contributed by atoms with E-state index in [1.165, 1.54) is 32.1 Å². The van der Waals surface area contributed by atoms with Gasteiger partial charge in [0.1, 0.15) is 0 Å². The molecule has 0 aromatic heterocycles. The summed E-state index contributed by atoms with van der Waals surface area (Å²) in [5.41, 5.74) is 6.92. The SMILES string of the molecule is CC(C)C(C)N(C)C1(CN)CCCC(C(C)(C)C)CC1. The summed E-state index contributed by atoms with van der Waals surface area (Å²) in [6, 6.07) is 0.602. The Labute approximate surface area is 127 Å². The van der Waals surface area contributed by atoms with Crippen LogP contribution in [0.25, 0.3) is 0 Å². The minimum atomic E-state index is 0.226.